The van der Waals surface area contributed by atoms with Gasteiger partial charge in [-0.2, -0.15) is 0 Å². The fraction of sp³-hybridized carbons (Fsp3) is 0.500. The summed E-state index contributed by atoms with van der Waals surface area (Å²) in [5.74, 6) is 2.32. The molecule has 1 rings (SSSR count). The van der Waals surface area contributed by atoms with Crippen LogP contribution in [0.15, 0.2) is 30.9 Å². The highest BCUT2D eigenvalue weighted by Crippen LogP contribution is 2.28. The second kappa shape index (κ2) is 8.59. The first-order valence-electron chi connectivity index (χ1n) is 6.98. The van der Waals surface area contributed by atoms with E-state index in [-0.39, 0.29) is 0 Å². The maximum atomic E-state index is 5.63. The van der Waals surface area contributed by atoms with Crippen molar-refractivity contribution in [1.29, 1.82) is 0 Å². The van der Waals surface area contributed by atoms with E-state index in [0.717, 1.165) is 24.6 Å². The monoisotopic (exact) mass is 264 g/mol. The van der Waals surface area contributed by atoms with E-state index in [2.05, 4.69) is 37.9 Å². The molecule has 0 amide bonds. The molecule has 3 heteroatoms. The maximum absolute atomic E-state index is 5.63. The third kappa shape index (κ3) is 5.79. The van der Waals surface area contributed by atoms with Crippen molar-refractivity contribution in [2.45, 2.75) is 27.3 Å². The van der Waals surface area contributed by atoms with E-state index in [0.29, 0.717) is 19.1 Å². The minimum Gasteiger partial charge on any atom is -0.490 e. The largest absolute Gasteiger partial charge is 0.490 e. The molecule has 0 aliphatic carbocycles. The first kappa shape index (κ1) is 15.6. The Balaban J connectivity index is 2.68. The Morgan fingerprint density at radius 1 is 1.26 bits per heavy atom. The summed E-state index contributed by atoms with van der Waals surface area (Å²) in [6.45, 7) is 13.3. The van der Waals surface area contributed by atoms with E-state index in [1.165, 1.54) is 5.56 Å². The maximum Gasteiger partial charge on any atom is 0.161 e. The van der Waals surface area contributed by atoms with Crippen molar-refractivity contribution in [3.05, 3.63) is 36.4 Å². The fourth-order valence-corrected chi connectivity index (χ4v) is 1.80. The van der Waals surface area contributed by atoms with Gasteiger partial charge in [-0.25, -0.2) is 0 Å². The number of rotatable bonds is 9. The molecule has 0 saturated carbocycles. The van der Waals surface area contributed by atoms with Crippen LogP contribution in [-0.2, 0) is 6.54 Å². The Bertz CT molecular complexity index is 388. The van der Waals surface area contributed by atoms with E-state index in [1.807, 2.05) is 13.0 Å². The van der Waals surface area contributed by atoms with E-state index in [9.17, 15) is 0 Å². The first-order chi connectivity index (χ1) is 9.17. The Kier molecular flexibility index (Phi) is 7.04. The Morgan fingerprint density at radius 3 is 2.68 bits per heavy atom. The van der Waals surface area contributed by atoms with Gasteiger partial charge in [0.05, 0.1) is 13.2 Å². The van der Waals surface area contributed by atoms with E-state index >= 15 is 0 Å². The molecule has 0 spiro atoms. The van der Waals surface area contributed by atoms with Crippen LogP contribution in [-0.4, -0.2) is 19.8 Å². The van der Waals surface area contributed by atoms with Crippen molar-refractivity contribution in [2.24, 2.45) is 5.92 Å². The molecule has 19 heavy (non-hydrogen) atoms. The quantitative estimate of drug-likeness (QED) is 0.695. The number of hydrogen-bond donors (Lipinski definition) is 1. The summed E-state index contributed by atoms with van der Waals surface area (Å²) in [4.78, 5) is 0. The molecule has 0 saturated heterocycles. The lowest BCUT2D eigenvalue weighted by Gasteiger charge is -2.12. The van der Waals surface area contributed by atoms with Crippen molar-refractivity contribution in [3.63, 3.8) is 0 Å². The van der Waals surface area contributed by atoms with Gasteiger partial charge in [0.2, 0.25) is 0 Å². The summed E-state index contributed by atoms with van der Waals surface area (Å²) in [5.41, 5.74) is 1.26. The lowest BCUT2D eigenvalue weighted by Crippen LogP contribution is -2.83. The van der Waals surface area contributed by atoms with Crippen LogP contribution in [0.1, 0.15) is 26.3 Å². The molecule has 1 aromatic rings. The van der Waals surface area contributed by atoms with Crippen molar-refractivity contribution < 1.29 is 14.8 Å². The van der Waals surface area contributed by atoms with Gasteiger partial charge in [-0.3, -0.25) is 0 Å². The van der Waals surface area contributed by atoms with Crippen LogP contribution in [0.3, 0.4) is 0 Å². The molecule has 0 aliphatic heterocycles. The zero-order valence-corrected chi connectivity index (χ0v) is 12.3. The Hall–Kier alpha value is -1.48. The molecule has 0 heterocycles. The second-order valence-electron chi connectivity index (χ2n) is 4.94. The standard InChI is InChI=1S/C16H25NO2/c1-5-9-19-15-8-7-14(10-16(15)18-6-2)12-17-11-13(3)4/h5,7-8,10,13,17H,1,6,9,11-12H2,2-4H3/p+1. The van der Waals surface area contributed by atoms with Gasteiger partial charge in [-0.1, -0.05) is 26.5 Å². The number of ether oxygens (including phenoxy) is 2. The molecule has 0 fully saturated rings. The van der Waals surface area contributed by atoms with Crippen LogP contribution in [0.25, 0.3) is 0 Å². The van der Waals surface area contributed by atoms with Crippen LogP contribution < -0.4 is 14.8 Å². The zero-order valence-electron chi connectivity index (χ0n) is 12.3. The molecular formula is C16H26NO2+. The van der Waals surface area contributed by atoms with Gasteiger partial charge in [0.1, 0.15) is 13.2 Å². The van der Waals surface area contributed by atoms with Crippen LogP contribution >= 0.6 is 0 Å². The first-order valence-corrected chi connectivity index (χ1v) is 6.98. The van der Waals surface area contributed by atoms with E-state index in [4.69, 9.17) is 9.47 Å². The van der Waals surface area contributed by atoms with Crippen LogP contribution in [0.2, 0.25) is 0 Å². The van der Waals surface area contributed by atoms with Crippen LogP contribution in [0.5, 0.6) is 11.5 Å². The number of hydrogen-bond acceptors (Lipinski definition) is 2. The number of quaternary nitrogens is 1. The van der Waals surface area contributed by atoms with Crippen molar-refractivity contribution in [2.75, 3.05) is 19.8 Å². The third-order valence-corrected chi connectivity index (χ3v) is 2.68. The van der Waals surface area contributed by atoms with Crippen molar-refractivity contribution >= 4 is 0 Å². The molecule has 0 atom stereocenters. The average molecular weight is 264 g/mol. The highest BCUT2D eigenvalue weighted by atomic mass is 16.5. The minimum absolute atomic E-state index is 0.499. The molecule has 3 nitrogen and oxygen atoms in total. The van der Waals surface area contributed by atoms with Crippen LogP contribution in [0, 0.1) is 5.92 Å². The second-order valence-corrected chi connectivity index (χ2v) is 4.94. The fourth-order valence-electron chi connectivity index (χ4n) is 1.80. The highest BCUT2D eigenvalue weighted by Gasteiger charge is 2.07. The molecule has 106 valence electrons. The summed E-state index contributed by atoms with van der Waals surface area (Å²) in [6, 6.07) is 6.14. The normalized spacial score (nSPS) is 10.5. The van der Waals surface area contributed by atoms with E-state index in [1.54, 1.807) is 6.08 Å². The van der Waals surface area contributed by atoms with Gasteiger partial charge in [0.25, 0.3) is 0 Å². The average Bonchev–Trinajstić information content (AvgIpc) is 2.38. The summed E-state index contributed by atoms with van der Waals surface area (Å²) < 4.78 is 11.2. The predicted molar refractivity (Wildman–Crippen MR) is 78.6 cm³/mol. The smallest absolute Gasteiger partial charge is 0.161 e. The van der Waals surface area contributed by atoms with E-state index < -0.39 is 0 Å². The Morgan fingerprint density at radius 2 is 2.05 bits per heavy atom. The zero-order chi connectivity index (χ0) is 14.1. The molecule has 1 aromatic carbocycles. The Labute approximate surface area is 116 Å². The minimum atomic E-state index is 0.499. The molecule has 0 bridgehead atoms. The lowest BCUT2D eigenvalue weighted by molar-refractivity contribution is -0.675. The third-order valence-electron chi connectivity index (χ3n) is 2.68. The number of benzene rings is 1. The van der Waals surface area contributed by atoms with Gasteiger partial charge in [0.15, 0.2) is 11.5 Å². The molecule has 0 radical (unpaired) electrons. The highest BCUT2D eigenvalue weighted by molar-refractivity contribution is 5.42. The summed E-state index contributed by atoms with van der Waals surface area (Å²) in [5, 5.41) is 2.32. The van der Waals surface area contributed by atoms with Gasteiger partial charge < -0.3 is 14.8 Å². The van der Waals surface area contributed by atoms with Crippen LogP contribution in [0.4, 0.5) is 0 Å². The van der Waals surface area contributed by atoms with Crippen molar-refractivity contribution in [3.8, 4) is 11.5 Å². The summed E-state index contributed by atoms with van der Waals surface area (Å²) in [7, 11) is 0. The molecule has 0 aliphatic rings. The van der Waals surface area contributed by atoms with Gasteiger partial charge >= 0.3 is 0 Å². The molecule has 2 N–H and O–H groups in total. The summed E-state index contributed by atoms with van der Waals surface area (Å²) in [6.07, 6.45) is 1.74. The molecule has 0 unspecified atom stereocenters. The molecule has 0 aromatic heterocycles. The van der Waals surface area contributed by atoms with Crippen molar-refractivity contribution in [1.82, 2.24) is 0 Å². The molecular weight excluding hydrogens is 238 g/mol. The SMILES string of the molecule is C=CCOc1ccc(C[NH2+]CC(C)C)cc1OCC. The van der Waals surface area contributed by atoms with Gasteiger partial charge in [-0.05, 0) is 25.1 Å². The topological polar surface area (TPSA) is 35.1 Å². The number of nitrogens with two attached hydrogens (primary N) is 1. The van der Waals surface area contributed by atoms with Gasteiger partial charge in [0, 0.05) is 11.5 Å². The predicted octanol–water partition coefficient (Wildman–Crippen LogP) is 2.37. The lowest BCUT2D eigenvalue weighted by atomic mass is 10.2. The van der Waals surface area contributed by atoms with Gasteiger partial charge in [-0.15, -0.1) is 0 Å². The summed E-state index contributed by atoms with van der Waals surface area (Å²) >= 11 is 0.